The van der Waals surface area contributed by atoms with Crippen LogP contribution in [0.3, 0.4) is 0 Å². The first-order valence-electron chi connectivity index (χ1n) is 8.38. The minimum Gasteiger partial charge on any atom is -0.389 e. The highest BCUT2D eigenvalue weighted by atomic mass is 16.6. The first-order chi connectivity index (χ1) is 11.1. The molecule has 0 unspecified atom stereocenters. The van der Waals surface area contributed by atoms with E-state index in [0.29, 0.717) is 31.6 Å². The molecule has 1 N–H and O–H groups in total. The van der Waals surface area contributed by atoms with Crippen LogP contribution in [-0.4, -0.2) is 47.7 Å². The van der Waals surface area contributed by atoms with Crippen molar-refractivity contribution < 1.29 is 14.4 Å². The topological polar surface area (TPSA) is 94.8 Å². The summed E-state index contributed by atoms with van der Waals surface area (Å²) in [5.74, 6) is -0.447. The van der Waals surface area contributed by atoms with Gasteiger partial charge in [-0.2, -0.15) is 5.26 Å². The van der Waals surface area contributed by atoms with Gasteiger partial charge in [-0.05, 0) is 25.7 Å². The Kier molecular flexibility index (Phi) is 3.29. The Morgan fingerprint density at radius 2 is 2.04 bits per heavy atom. The molecule has 4 aliphatic rings. The molecule has 0 aromatic heterocycles. The molecule has 2 aliphatic heterocycles. The van der Waals surface area contributed by atoms with Crippen molar-refractivity contribution in [2.24, 2.45) is 16.5 Å². The highest BCUT2D eigenvalue weighted by Crippen LogP contribution is 2.41. The lowest BCUT2D eigenvalue weighted by Crippen LogP contribution is -2.42. The second-order valence-electron chi connectivity index (χ2n) is 7.09. The van der Waals surface area contributed by atoms with E-state index in [1.807, 2.05) is 0 Å². The summed E-state index contributed by atoms with van der Waals surface area (Å²) in [5.41, 5.74) is -0.471. The summed E-state index contributed by atoms with van der Waals surface area (Å²) < 4.78 is 0. The average Bonchev–Trinajstić information content (AvgIpc) is 2.97. The van der Waals surface area contributed by atoms with Crippen LogP contribution in [0.1, 0.15) is 38.5 Å². The van der Waals surface area contributed by atoms with Crippen molar-refractivity contribution in [1.29, 1.82) is 5.26 Å². The maximum atomic E-state index is 12.8. The first kappa shape index (κ1) is 14.5. The third-order valence-electron chi connectivity index (χ3n) is 5.42. The van der Waals surface area contributed by atoms with Gasteiger partial charge in [-0.3, -0.25) is 9.59 Å². The third kappa shape index (κ3) is 2.37. The van der Waals surface area contributed by atoms with Crippen LogP contribution in [0.25, 0.3) is 0 Å². The van der Waals surface area contributed by atoms with Crippen molar-refractivity contribution in [3.8, 4) is 6.07 Å². The summed E-state index contributed by atoms with van der Waals surface area (Å²) in [6, 6.07) is 2.51. The smallest absolute Gasteiger partial charge is 0.269 e. The van der Waals surface area contributed by atoms with E-state index in [-0.39, 0.29) is 29.9 Å². The van der Waals surface area contributed by atoms with Gasteiger partial charge in [0.15, 0.2) is 11.8 Å². The molecular formula is C16H20N4O3. The zero-order chi connectivity index (χ0) is 16.0. The number of rotatable bonds is 3. The Morgan fingerprint density at radius 1 is 1.30 bits per heavy atom. The minimum absolute atomic E-state index is 0.0996. The molecule has 2 heterocycles. The Labute approximate surface area is 134 Å². The second-order valence-corrected chi connectivity index (χ2v) is 7.09. The largest absolute Gasteiger partial charge is 0.389 e. The van der Waals surface area contributed by atoms with Crippen molar-refractivity contribution in [2.75, 3.05) is 13.1 Å². The molecule has 3 fully saturated rings. The van der Waals surface area contributed by atoms with Crippen molar-refractivity contribution in [3.63, 3.8) is 0 Å². The van der Waals surface area contributed by atoms with Crippen molar-refractivity contribution in [2.45, 2.75) is 50.7 Å². The fourth-order valence-corrected chi connectivity index (χ4v) is 3.85. The van der Waals surface area contributed by atoms with Gasteiger partial charge in [0, 0.05) is 12.6 Å². The minimum atomic E-state index is -0.869. The van der Waals surface area contributed by atoms with E-state index < -0.39 is 5.41 Å². The van der Waals surface area contributed by atoms with Gasteiger partial charge in [-0.15, -0.1) is 0 Å². The summed E-state index contributed by atoms with van der Waals surface area (Å²) in [6.45, 7) is 0.834. The van der Waals surface area contributed by atoms with E-state index in [9.17, 15) is 14.9 Å². The fourth-order valence-electron chi connectivity index (χ4n) is 3.85. The molecule has 4 rings (SSSR count). The SMILES string of the molecule is N#CC1(C(=O)N2C[C@@H]3C(C(=O)NC4CC4)=NO[C@@H]3C2)CCCC1. The van der Waals surface area contributed by atoms with Crippen LogP contribution in [0.15, 0.2) is 5.16 Å². The molecule has 0 radical (unpaired) electrons. The summed E-state index contributed by atoms with van der Waals surface area (Å²) in [4.78, 5) is 32.1. The summed E-state index contributed by atoms with van der Waals surface area (Å²) >= 11 is 0. The molecule has 122 valence electrons. The molecular weight excluding hydrogens is 296 g/mol. The lowest BCUT2D eigenvalue weighted by molar-refractivity contribution is -0.138. The quantitative estimate of drug-likeness (QED) is 0.823. The number of oxime groups is 1. The normalized spacial score (nSPS) is 31.1. The van der Waals surface area contributed by atoms with Gasteiger partial charge < -0.3 is 15.1 Å². The highest BCUT2D eigenvalue weighted by molar-refractivity contribution is 6.40. The van der Waals surface area contributed by atoms with Gasteiger partial charge in [-0.1, -0.05) is 18.0 Å². The van der Waals surface area contributed by atoms with E-state index in [4.69, 9.17) is 4.84 Å². The van der Waals surface area contributed by atoms with Crippen LogP contribution in [0, 0.1) is 22.7 Å². The Hall–Kier alpha value is -2.10. The molecule has 2 aliphatic carbocycles. The molecule has 2 atom stereocenters. The maximum Gasteiger partial charge on any atom is 0.269 e. The summed E-state index contributed by atoms with van der Waals surface area (Å²) in [6.07, 6.45) is 4.90. The second kappa shape index (κ2) is 5.22. The number of hydrogen-bond donors (Lipinski definition) is 1. The Balaban J connectivity index is 1.45. The van der Waals surface area contributed by atoms with E-state index >= 15 is 0 Å². The van der Waals surface area contributed by atoms with Gasteiger partial charge in [0.1, 0.15) is 5.41 Å². The van der Waals surface area contributed by atoms with E-state index in [1.54, 1.807) is 4.90 Å². The van der Waals surface area contributed by atoms with Crippen LogP contribution in [0.5, 0.6) is 0 Å². The molecule has 0 aromatic carbocycles. The zero-order valence-electron chi connectivity index (χ0n) is 13.0. The van der Waals surface area contributed by atoms with Gasteiger partial charge in [-0.25, -0.2) is 0 Å². The molecule has 23 heavy (non-hydrogen) atoms. The first-order valence-corrected chi connectivity index (χ1v) is 8.38. The molecule has 7 heteroatoms. The van der Waals surface area contributed by atoms with Crippen LogP contribution >= 0.6 is 0 Å². The van der Waals surface area contributed by atoms with Crippen LogP contribution < -0.4 is 5.32 Å². The molecule has 7 nitrogen and oxygen atoms in total. The number of likely N-dealkylation sites (tertiary alicyclic amines) is 1. The number of nitriles is 1. The molecule has 0 bridgehead atoms. The number of hydrogen-bond acceptors (Lipinski definition) is 5. The monoisotopic (exact) mass is 316 g/mol. The summed E-state index contributed by atoms with van der Waals surface area (Å²) in [7, 11) is 0. The number of nitrogens with one attached hydrogen (secondary N) is 1. The standard InChI is InChI=1S/C16H20N4O3/c17-9-16(5-1-2-6-16)15(22)20-7-11-12(8-20)23-19-13(11)14(21)18-10-3-4-10/h10-12H,1-8H2,(H,18,21)/t11-,12+/m0/s1. The van der Waals surface area contributed by atoms with Gasteiger partial charge in [0.05, 0.1) is 18.5 Å². The van der Waals surface area contributed by atoms with Crippen LogP contribution in [0.2, 0.25) is 0 Å². The molecule has 0 spiro atoms. The Bertz CT molecular complexity index is 613. The van der Waals surface area contributed by atoms with Crippen LogP contribution in [-0.2, 0) is 14.4 Å². The maximum absolute atomic E-state index is 12.8. The lowest BCUT2D eigenvalue weighted by atomic mass is 9.86. The number of fused-ring (bicyclic) bond motifs is 1. The van der Waals surface area contributed by atoms with Gasteiger partial charge >= 0.3 is 0 Å². The van der Waals surface area contributed by atoms with Crippen molar-refractivity contribution in [3.05, 3.63) is 0 Å². The van der Waals surface area contributed by atoms with Crippen molar-refractivity contribution in [1.82, 2.24) is 10.2 Å². The highest BCUT2D eigenvalue weighted by Gasteiger charge is 2.51. The van der Waals surface area contributed by atoms with Crippen LogP contribution in [0.4, 0.5) is 0 Å². The van der Waals surface area contributed by atoms with E-state index in [2.05, 4.69) is 16.5 Å². The molecule has 2 saturated carbocycles. The number of carbonyl (C=O) groups excluding carboxylic acids is 2. The fraction of sp³-hybridized carbons (Fsp3) is 0.750. The molecule has 2 amide bonds. The number of amides is 2. The van der Waals surface area contributed by atoms with Gasteiger partial charge in [0.2, 0.25) is 5.91 Å². The van der Waals surface area contributed by atoms with Gasteiger partial charge in [0.25, 0.3) is 5.91 Å². The molecule has 1 saturated heterocycles. The number of carbonyl (C=O) groups is 2. The number of nitrogens with zero attached hydrogens (tertiary/aromatic N) is 3. The predicted octanol–water partition coefficient (Wildman–Crippen LogP) is 0.562. The third-order valence-corrected chi connectivity index (χ3v) is 5.42. The average molecular weight is 316 g/mol. The lowest BCUT2D eigenvalue weighted by Gasteiger charge is -2.26. The van der Waals surface area contributed by atoms with E-state index in [0.717, 1.165) is 25.7 Å². The van der Waals surface area contributed by atoms with Crippen molar-refractivity contribution >= 4 is 17.5 Å². The molecule has 0 aromatic rings. The summed E-state index contributed by atoms with van der Waals surface area (Å²) in [5, 5.41) is 16.3. The van der Waals surface area contributed by atoms with E-state index in [1.165, 1.54) is 0 Å². The zero-order valence-corrected chi connectivity index (χ0v) is 13.0. The Morgan fingerprint density at radius 3 is 2.70 bits per heavy atom. The predicted molar refractivity (Wildman–Crippen MR) is 80.1 cm³/mol.